The van der Waals surface area contributed by atoms with Crippen molar-refractivity contribution in [1.29, 1.82) is 0 Å². The first-order valence-electron chi connectivity index (χ1n) is 5.39. The monoisotopic (exact) mass is 240 g/mol. The summed E-state index contributed by atoms with van der Waals surface area (Å²) in [5.74, 6) is -0.256. The maximum absolute atomic E-state index is 11.7. The van der Waals surface area contributed by atoms with Crippen LogP contribution < -0.4 is 0 Å². The zero-order chi connectivity index (χ0) is 11.8. The number of ether oxygens (including phenoxy) is 2. The molecule has 0 N–H and O–H groups in total. The molecule has 1 aliphatic rings. The van der Waals surface area contributed by atoms with Crippen LogP contribution in [0.3, 0.4) is 0 Å². The van der Waals surface area contributed by atoms with Crippen LogP contribution in [0, 0.1) is 0 Å². The topological polar surface area (TPSA) is 38.8 Å². The van der Waals surface area contributed by atoms with Crippen LogP contribution in [0.4, 0.5) is 0 Å². The van der Waals surface area contributed by atoms with E-state index in [-0.39, 0.29) is 5.97 Å². The Labute approximate surface area is 99.4 Å². The van der Waals surface area contributed by atoms with Gasteiger partial charge in [0.2, 0.25) is 0 Å². The molecule has 1 saturated heterocycles. The summed E-state index contributed by atoms with van der Waals surface area (Å²) >= 11 is 1.69. The Balaban J connectivity index is 2.14. The molecule has 16 heavy (non-hydrogen) atoms. The van der Waals surface area contributed by atoms with Crippen LogP contribution in [0.5, 0.6) is 0 Å². The van der Waals surface area contributed by atoms with Crippen molar-refractivity contribution in [1.82, 2.24) is 0 Å². The first-order valence-corrected chi connectivity index (χ1v) is 6.27. The predicted molar refractivity (Wildman–Crippen MR) is 62.6 cm³/mol. The molecule has 3 nitrogen and oxygen atoms in total. The van der Waals surface area contributed by atoms with Gasteiger partial charge in [-0.2, -0.15) is 0 Å². The van der Waals surface area contributed by atoms with Crippen LogP contribution in [0.25, 0.3) is 0 Å². The number of esters is 1. The lowest BCUT2D eigenvalue weighted by Gasteiger charge is -2.12. The van der Waals surface area contributed by atoms with Crippen LogP contribution in [-0.2, 0) is 20.7 Å². The zero-order valence-corrected chi connectivity index (χ0v) is 10.6. The van der Waals surface area contributed by atoms with Crippen molar-refractivity contribution < 1.29 is 14.3 Å². The summed E-state index contributed by atoms with van der Waals surface area (Å²) in [4.78, 5) is 13.0. The number of methoxy groups -OCH3 is 1. The van der Waals surface area contributed by atoms with E-state index in [1.807, 2.05) is 25.3 Å². The standard InChI is InChI=1S/C12H16O3S/c1-4-12(10(13)14-3)11(2,15-12)8-9-6-5-7-16-9/h5-7H,4,8H2,1-3H3. The van der Waals surface area contributed by atoms with E-state index in [0.717, 1.165) is 6.42 Å². The minimum atomic E-state index is -0.730. The molecule has 2 atom stereocenters. The highest BCUT2D eigenvalue weighted by Crippen LogP contribution is 2.53. The number of epoxide rings is 1. The largest absolute Gasteiger partial charge is 0.467 e. The molecular weight excluding hydrogens is 224 g/mol. The summed E-state index contributed by atoms with van der Waals surface area (Å²) < 4.78 is 10.5. The molecule has 0 spiro atoms. The number of carbonyl (C=O) groups excluding carboxylic acids is 1. The molecule has 0 amide bonds. The third-order valence-corrected chi connectivity index (χ3v) is 4.19. The second kappa shape index (κ2) is 3.86. The summed E-state index contributed by atoms with van der Waals surface area (Å²) in [6.07, 6.45) is 1.43. The van der Waals surface area contributed by atoms with Crippen molar-refractivity contribution in [3.05, 3.63) is 22.4 Å². The summed E-state index contributed by atoms with van der Waals surface area (Å²) in [6, 6.07) is 4.08. The van der Waals surface area contributed by atoms with Gasteiger partial charge in [0.25, 0.3) is 0 Å². The average molecular weight is 240 g/mol. The molecule has 2 rings (SSSR count). The number of hydrogen-bond donors (Lipinski definition) is 0. The molecule has 1 aromatic rings. The highest BCUT2D eigenvalue weighted by atomic mass is 32.1. The summed E-state index contributed by atoms with van der Waals surface area (Å²) in [5, 5.41) is 2.03. The lowest BCUT2D eigenvalue weighted by atomic mass is 9.88. The molecule has 0 radical (unpaired) electrons. The summed E-state index contributed by atoms with van der Waals surface area (Å²) in [5.41, 5.74) is -1.13. The second-order valence-electron chi connectivity index (χ2n) is 4.26. The van der Waals surface area contributed by atoms with E-state index in [9.17, 15) is 4.79 Å². The van der Waals surface area contributed by atoms with Crippen LogP contribution in [0.1, 0.15) is 25.1 Å². The van der Waals surface area contributed by atoms with Crippen LogP contribution in [0.2, 0.25) is 0 Å². The molecule has 0 aliphatic carbocycles. The number of thiophene rings is 1. The maximum atomic E-state index is 11.7. The normalized spacial score (nSPS) is 32.4. The molecule has 1 aromatic heterocycles. The first-order chi connectivity index (χ1) is 7.58. The van der Waals surface area contributed by atoms with Gasteiger partial charge in [-0.05, 0) is 24.8 Å². The minimum absolute atomic E-state index is 0.256. The van der Waals surface area contributed by atoms with Gasteiger partial charge in [-0.15, -0.1) is 11.3 Å². The number of rotatable bonds is 4. The van der Waals surface area contributed by atoms with E-state index in [1.54, 1.807) is 11.3 Å². The fourth-order valence-electron chi connectivity index (χ4n) is 2.30. The predicted octanol–water partition coefficient (Wildman–Crippen LogP) is 2.40. The summed E-state index contributed by atoms with van der Waals surface area (Å²) in [7, 11) is 1.41. The Morgan fingerprint density at radius 2 is 2.38 bits per heavy atom. The third kappa shape index (κ3) is 1.57. The van der Waals surface area contributed by atoms with E-state index in [0.29, 0.717) is 6.42 Å². The molecule has 1 fully saturated rings. The van der Waals surface area contributed by atoms with Gasteiger partial charge >= 0.3 is 5.97 Å². The van der Waals surface area contributed by atoms with E-state index >= 15 is 0 Å². The smallest absolute Gasteiger partial charge is 0.341 e. The molecule has 0 saturated carbocycles. The third-order valence-electron chi connectivity index (χ3n) is 3.32. The molecule has 0 aromatic carbocycles. The van der Waals surface area contributed by atoms with Crippen molar-refractivity contribution in [2.75, 3.05) is 7.11 Å². The highest BCUT2D eigenvalue weighted by Gasteiger charge is 2.71. The highest BCUT2D eigenvalue weighted by molar-refractivity contribution is 7.09. The van der Waals surface area contributed by atoms with Gasteiger partial charge in [-0.3, -0.25) is 0 Å². The average Bonchev–Trinajstić information content (AvgIpc) is 2.65. The Morgan fingerprint density at radius 3 is 2.88 bits per heavy atom. The minimum Gasteiger partial charge on any atom is -0.467 e. The molecule has 0 bridgehead atoms. The van der Waals surface area contributed by atoms with Crippen LogP contribution >= 0.6 is 11.3 Å². The second-order valence-corrected chi connectivity index (χ2v) is 5.29. The van der Waals surface area contributed by atoms with Crippen LogP contribution in [-0.4, -0.2) is 24.3 Å². The van der Waals surface area contributed by atoms with Gasteiger partial charge in [-0.1, -0.05) is 13.0 Å². The molecular formula is C12H16O3S. The number of carbonyl (C=O) groups is 1. The van der Waals surface area contributed by atoms with Gasteiger partial charge in [0.15, 0.2) is 5.60 Å². The van der Waals surface area contributed by atoms with E-state index < -0.39 is 11.2 Å². The van der Waals surface area contributed by atoms with Crippen molar-refractivity contribution in [2.24, 2.45) is 0 Å². The quantitative estimate of drug-likeness (QED) is 0.599. The van der Waals surface area contributed by atoms with Crippen LogP contribution in [0.15, 0.2) is 17.5 Å². The molecule has 88 valence electrons. The molecule has 2 unspecified atom stereocenters. The Kier molecular flexibility index (Phi) is 2.80. The van der Waals surface area contributed by atoms with Gasteiger partial charge in [-0.25, -0.2) is 4.79 Å². The molecule has 2 heterocycles. The Bertz CT molecular complexity index is 387. The van der Waals surface area contributed by atoms with E-state index in [4.69, 9.17) is 9.47 Å². The Hall–Kier alpha value is -0.870. The SMILES string of the molecule is CCC1(C(=O)OC)OC1(C)Cc1cccs1. The maximum Gasteiger partial charge on any atom is 0.341 e. The van der Waals surface area contributed by atoms with Gasteiger partial charge in [0.05, 0.1) is 7.11 Å². The van der Waals surface area contributed by atoms with Crippen molar-refractivity contribution >= 4 is 17.3 Å². The van der Waals surface area contributed by atoms with Gasteiger partial charge < -0.3 is 9.47 Å². The molecule has 4 heteroatoms. The first kappa shape index (κ1) is 11.6. The number of hydrogen-bond acceptors (Lipinski definition) is 4. The fourth-order valence-corrected chi connectivity index (χ4v) is 3.14. The van der Waals surface area contributed by atoms with Crippen molar-refractivity contribution in [3.8, 4) is 0 Å². The van der Waals surface area contributed by atoms with E-state index in [1.165, 1.54) is 12.0 Å². The van der Waals surface area contributed by atoms with Crippen molar-refractivity contribution in [2.45, 2.75) is 37.9 Å². The lowest BCUT2D eigenvalue weighted by Crippen LogP contribution is -2.34. The van der Waals surface area contributed by atoms with Crippen molar-refractivity contribution in [3.63, 3.8) is 0 Å². The zero-order valence-electron chi connectivity index (χ0n) is 9.78. The van der Waals surface area contributed by atoms with Gasteiger partial charge in [0, 0.05) is 11.3 Å². The summed E-state index contributed by atoms with van der Waals surface area (Å²) in [6.45, 7) is 3.93. The van der Waals surface area contributed by atoms with E-state index in [2.05, 4.69) is 6.07 Å². The van der Waals surface area contributed by atoms with Gasteiger partial charge in [0.1, 0.15) is 5.60 Å². The lowest BCUT2D eigenvalue weighted by molar-refractivity contribution is -0.147. The fraction of sp³-hybridized carbons (Fsp3) is 0.583. The Morgan fingerprint density at radius 1 is 1.62 bits per heavy atom. The molecule has 1 aliphatic heterocycles.